The topological polar surface area (TPSA) is 88.5 Å². The Balaban J connectivity index is 2.31. The average Bonchev–Trinajstić information content (AvgIpc) is 2.52. The molecule has 0 aliphatic rings. The van der Waals surface area contributed by atoms with Gasteiger partial charge in [0.2, 0.25) is 0 Å². The maximum absolute atomic E-state index is 11.9. The predicted molar refractivity (Wildman–Crippen MR) is 80.9 cm³/mol. The lowest BCUT2D eigenvalue weighted by atomic mass is 10.0. The number of nitrogens with one attached hydrogen (secondary N) is 1. The lowest BCUT2D eigenvalue weighted by Crippen LogP contribution is -2.30. The third-order valence-corrected chi connectivity index (χ3v) is 3.04. The number of pyridine rings is 1. The molecule has 0 spiro atoms. The zero-order valence-corrected chi connectivity index (χ0v) is 12.3. The average molecular weight is 300 g/mol. The first-order valence-corrected chi connectivity index (χ1v) is 6.62. The molecular weight excluding hydrogens is 284 g/mol. The maximum Gasteiger partial charge on any atom is 0.322 e. The monoisotopic (exact) mass is 300 g/mol. The second-order valence-electron chi connectivity index (χ2n) is 4.72. The van der Waals surface area contributed by atoms with Crippen molar-refractivity contribution >= 4 is 11.9 Å². The molecule has 0 saturated heterocycles. The van der Waals surface area contributed by atoms with E-state index < -0.39 is 18.4 Å². The van der Waals surface area contributed by atoms with E-state index in [2.05, 4.69) is 10.3 Å². The molecule has 0 unspecified atom stereocenters. The number of methoxy groups -OCH3 is 1. The van der Waals surface area contributed by atoms with Crippen LogP contribution in [0.1, 0.15) is 16.1 Å². The summed E-state index contributed by atoms with van der Waals surface area (Å²) in [4.78, 5) is 26.5. The quantitative estimate of drug-likeness (QED) is 0.880. The van der Waals surface area contributed by atoms with Crippen LogP contribution in [0.4, 0.5) is 0 Å². The first-order valence-electron chi connectivity index (χ1n) is 6.62. The fourth-order valence-corrected chi connectivity index (χ4v) is 1.99. The second kappa shape index (κ2) is 6.71. The molecule has 6 nitrogen and oxygen atoms in total. The molecule has 0 aliphatic heterocycles. The lowest BCUT2D eigenvalue weighted by molar-refractivity contribution is -0.135. The zero-order chi connectivity index (χ0) is 16.1. The van der Waals surface area contributed by atoms with E-state index in [0.29, 0.717) is 5.75 Å². The number of aryl methyl sites for hydroxylation is 1. The Morgan fingerprint density at radius 1 is 1.27 bits per heavy atom. The summed E-state index contributed by atoms with van der Waals surface area (Å²) in [7, 11) is 1.44. The van der Waals surface area contributed by atoms with Gasteiger partial charge in [-0.05, 0) is 18.6 Å². The molecule has 0 saturated carbocycles. The summed E-state index contributed by atoms with van der Waals surface area (Å²) >= 11 is 0. The minimum Gasteiger partial charge on any atom is -0.494 e. The van der Waals surface area contributed by atoms with Crippen molar-refractivity contribution < 1.29 is 19.4 Å². The van der Waals surface area contributed by atoms with Crippen LogP contribution >= 0.6 is 0 Å². The van der Waals surface area contributed by atoms with Crippen molar-refractivity contribution in [1.29, 1.82) is 0 Å². The smallest absolute Gasteiger partial charge is 0.322 e. The van der Waals surface area contributed by atoms with Crippen LogP contribution in [0.3, 0.4) is 0 Å². The van der Waals surface area contributed by atoms with Gasteiger partial charge in [0.15, 0.2) is 11.4 Å². The fraction of sp³-hybridized carbons (Fsp3) is 0.188. The van der Waals surface area contributed by atoms with Crippen molar-refractivity contribution in [2.24, 2.45) is 0 Å². The van der Waals surface area contributed by atoms with E-state index in [9.17, 15) is 9.59 Å². The number of amides is 1. The summed E-state index contributed by atoms with van der Waals surface area (Å²) in [6.07, 6.45) is 1.56. The maximum atomic E-state index is 11.9. The van der Waals surface area contributed by atoms with Crippen molar-refractivity contribution in [3.05, 3.63) is 47.8 Å². The van der Waals surface area contributed by atoms with E-state index in [1.54, 1.807) is 12.3 Å². The highest BCUT2D eigenvalue weighted by atomic mass is 16.5. The molecule has 1 heterocycles. The highest BCUT2D eigenvalue weighted by molar-refractivity contribution is 5.96. The van der Waals surface area contributed by atoms with Crippen LogP contribution < -0.4 is 10.1 Å². The van der Waals surface area contributed by atoms with E-state index in [0.717, 1.165) is 16.7 Å². The van der Waals surface area contributed by atoms with Gasteiger partial charge in [0.1, 0.15) is 6.54 Å². The van der Waals surface area contributed by atoms with Crippen molar-refractivity contribution in [2.75, 3.05) is 13.7 Å². The Morgan fingerprint density at radius 3 is 2.68 bits per heavy atom. The van der Waals surface area contributed by atoms with Gasteiger partial charge < -0.3 is 15.2 Å². The molecule has 6 heteroatoms. The number of rotatable bonds is 5. The SMILES string of the molecule is COc1cc(-c2cccc(C)c2)cnc1C(=O)NCC(=O)O. The molecule has 0 fully saturated rings. The van der Waals surface area contributed by atoms with E-state index in [4.69, 9.17) is 9.84 Å². The summed E-state index contributed by atoms with van der Waals surface area (Å²) in [6.45, 7) is 1.52. The van der Waals surface area contributed by atoms with E-state index in [1.807, 2.05) is 31.2 Å². The molecule has 0 bridgehead atoms. The second-order valence-corrected chi connectivity index (χ2v) is 4.72. The largest absolute Gasteiger partial charge is 0.494 e. The molecule has 0 atom stereocenters. The van der Waals surface area contributed by atoms with E-state index >= 15 is 0 Å². The Labute approximate surface area is 127 Å². The molecule has 22 heavy (non-hydrogen) atoms. The molecule has 1 aromatic carbocycles. The molecule has 2 rings (SSSR count). The van der Waals surface area contributed by atoms with E-state index in [1.165, 1.54) is 7.11 Å². The van der Waals surface area contributed by atoms with Gasteiger partial charge in [-0.1, -0.05) is 29.8 Å². The third kappa shape index (κ3) is 3.60. The fourth-order valence-electron chi connectivity index (χ4n) is 1.99. The molecule has 114 valence electrons. The highest BCUT2D eigenvalue weighted by Gasteiger charge is 2.16. The molecule has 1 aromatic heterocycles. The Morgan fingerprint density at radius 2 is 2.05 bits per heavy atom. The van der Waals surface area contributed by atoms with Crippen LogP contribution in [-0.4, -0.2) is 35.6 Å². The number of aromatic nitrogens is 1. The van der Waals surface area contributed by atoms with Gasteiger partial charge in [-0.25, -0.2) is 4.98 Å². The minimum atomic E-state index is -1.12. The third-order valence-electron chi connectivity index (χ3n) is 3.04. The number of carbonyl (C=O) groups excluding carboxylic acids is 1. The number of ether oxygens (including phenoxy) is 1. The van der Waals surface area contributed by atoms with Gasteiger partial charge in [-0.3, -0.25) is 9.59 Å². The summed E-state index contributed by atoms with van der Waals surface area (Å²) in [5.74, 6) is -1.42. The van der Waals surface area contributed by atoms with Crippen LogP contribution in [0.25, 0.3) is 11.1 Å². The van der Waals surface area contributed by atoms with E-state index in [-0.39, 0.29) is 5.69 Å². The minimum absolute atomic E-state index is 0.0557. The first kappa shape index (κ1) is 15.5. The normalized spacial score (nSPS) is 10.1. The number of hydrogen-bond acceptors (Lipinski definition) is 4. The molecule has 0 aliphatic carbocycles. The molecule has 2 aromatic rings. The van der Waals surface area contributed by atoms with Gasteiger partial charge in [-0.2, -0.15) is 0 Å². The van der Waals surface area contributed by atoms with Crippen LogP contribution in [0.15, 0.2) is 36.5 Å². The zero-order valence-electron chi connectivity index (χ0n) is 12.3. The molecule has 0 radical (unpaired) electrons. The van der Waals surface area contributed by atoms with Gasteiger partial charge in [-0.15, -0.1) is 0 Å². The number of carboxylic acid groups (broad SMARTS) is 1. The summed E-state index contributed by atoms with van der Waals surface area (Å²) in [5, 5.41) is 10.8. The Hall–Kier alpha value is -2.89. The Bertz CT molecular complexity index is 713. The molecule has 1 amide bonds. The van der Waals surface area contributed by atoms with Gasteiger partial charge in [0.05, 0.1) is 7.11 Å². The predicted octanol–water partition coefficient (Wildman–Crippen LogP) is 1.88. The summed E-state index contributed by atoms with van der Waals surface area (Å²) in [5.41, 5.74) is 2.94. The number of carbonyl (C=O) groups is 2. The molecular formula is C16H16N2O4. The number of benzene rings is 1. The van der Waals surface area contributed by atoms with Crippen LogP contribution in [-0.2, 0) is 4.79 Å². The van der Waals surface area contributed by atoms with Crippen molar-refractivity contribution in [3.63, 3.8) is 0 Å². The van der Waals surface area contributed by atoms with Crippen molar-refractivity contribution in [2.45, 2.75) is 6.92 Å². The molecule has 2 N–H and O–H groups in total. The number of aliphatic carboxylic acids is 1. The number of carboxylic acids is 1. The lowest BCUT2D eigenvalue weighted by Gasteiger charge is -2.10. The van der Waals surface area contributed by atoms with Crippen molar-refractivity contribution in [3.8, 4) is 16.9 Å². The van der Waals surface area contributed by atoms with Crippen molar-refractivity contribution in [1.82, 2.24) is 10.3 Å². The van der Waals surface area contributed by atoms with Gasteiger partial charge >= 0.3 is 5.97 Å². The first-order chi connectivity index (χ1) is 10.5. The van der Waals surface area contributed by atoms with Crippen LogP contribution in [0.2, 0.25) is 0 Å². The summed E-state index contributed by atoms with van der Waals surface area (Å²) in [6, 6.07) is 9.57. The van der Waals surface area contributed by atoms with Crippen LogP contribution in [0, 0.1) is 6.92 Å². The standard InChI is InChI=1S/C16H16N2O4/c1-10-4-3-5-11(6-10)12-7-13(22-2)15(17-8-12)16(21)18-9-14(19)20/h3-8H,9H2,1-2H3,(H,18,21)(H,19,20). The van der Waals surface area contributed by atoms with Crippen LogP contribution in [0.5, 0.6) is 5.75 Å². The number of nitrogens with zero attached hydrogens (tertiary/aromatic N) is 1. The van der Waals surface area contributed by atoms with Gasteiger partial charge in [0, 0.05) is 11.8 Å². The van der Waals surface area contributed by atoms with Gasteiger partial charge in [0.25, 0.3) is 5.91 Å². The summed E-state index contributed by atoms with van der Waals surface area (Å²) < 4.78 is 5.19. The highest BCUT2D eigenvalue weighted by Crippen LogP contribution is 2.26. The Kier molecular flexibility index (Phi) is 4.73. The number of hydrogen-bond donors (Lipinski definition) is 2.